The number of thiazole rings is 1. The summed E-state index contributed by atoms with van der Waals surface area (Å²) in [5.74, 6) is 1.38. The van der Waals surface area contributed by atoms with Gasteiger partial charge in [0.15, 0.2) is 5.76 Å². The molecule has 4 nitrogen and oxygen atoms in total. The van der Waals surface area contributed by atoms with Gasteiger partial charge in [0, 0.05) is 17.4 Å². The Hall–Kier alpha value is -2.40. The smallest absolute Gasteiger partial charge is 0.217 e. The zero-order valence-corrected chi connectivity index (χ0v) is 14.2. The first-order valence-electron chi connectivity index (χ1n) is 7.41. The van der Waals surface area contributed by atoms with E-state index in [-0.39, 0.29) is 5.91 Å². The third kappa shape index (κ3) is 3.51. The average molecular weight is 326 g/mol. The second-order valence-corrected chi connectivity index (χ2v) is 6.67. The van der Waals surface area contributed by atoms with Crippen molar-refractivity contribution >= 4 is 17.2 Å². The molecule has 0 saturated heterocycles. The molecular formula is C18H18N2O2S. The maximum Gasteiger partial charge on any atom is 0.217 e. The molecule has 3 rings (SSSR count). The number of aromatic nitrogens is 1. The Morgan fingerprint density at radius 1 is 1.17 bits per heavy atom. The van der Waals surface area contributed by atoms with Crippen molar-refractivity contribution < 1.29 is 9.21 Å². The second kappa shape index (κ2) is 6.38. The van der Waals surface area contributed by atoms with E-state index in [1.165, 1.54) is 12.5 Å². The van der Waals surface area contributed by atoms with Crippen LogP contribution in [0.4, 0.5) is 0 Å². The molecule has 0 bridgehead atoms. The SMILES string of the molecule is CC(=O)NCc1ccc(-c2nc(-c3ccc(C)cc3)sc2C)o1. The molecule has 0 unspecified atom stereocenters. The molecule has 0 spiro atoms. The Balaban J connectivity index is 1.86. The van der Waals surface area contributed by atoms with Crippen LogP contribution >= 0.6 is 11.3 Å². The van der Waals surface area contributed by atoms with Crippen molar-refractivity contribution in [3.8, 4) is 22.0 Å². The molecule has 1 N–H and O–H groups in total. The molecule has 0 fully saturated rings. The van der Waals surface area contributed by atoms with Crippen LogP contribution < -0.4 is 5.32 Å². The lowest BCUT2D eigenvalue weighted by atomic mass is 10.2. The molecule has 0 radical (unpaired) electrons. The number of carbonyl (C=O) groups excluding carboxylic acids is 1. The fourth-order valence-corrected chi connectivity index (χ4v) is 3.18. The summed E-state index contributed by atoms with van der Waals surface area (Å²) in [5.41, 5.74) is 3.20. The minimum absolute atomic E-state index is 0.0746. The highest BCUT2D eigenvalue weighted by molar-refractivity contribution is 7.15. The molecule has 5 heteroatoms. The number of aryl methyl sites for hydroxylation is 2. The molecular weight excluding hydrogens is 308 g/mol. The Morgan fingerprint density at radius 3 is 2.61 bits per heavy atom. The van der Waals surface area contributed by atoms with Crippen LogP contribution in [0.2, 0.25) is 0 Å². The number of nitrogens with zero attached hydrogens (tertiary/aromatic N) is 1. The van der Waals surface area contributed by atoms with E-state index in [2.05, 4.69) is 36.5 Å². The molecule has 0 aliphatic heterocycles. The lowest BCUT2D eigenvalue weighted by Gasteiger charge is -1.98. The monoisotopic (exact) mass is 326 g/mol. The zero-order valence-electron chi connectivity index (χ0n) is 13.3. The lowest BCUT2D eigenvalue weighted by Crippen LogP contribution is -2.18. The van der Waals surface area contributed by atoms with E-state index in [9.17, 15) is 4.79 Å². The van der Waals surface area contributed by atoms with E-state index < -0.39 is 0 Å². The van der Waals surface area contributed by atoms with Crippen LogP contribution in [-0.2, 0) is 11.3 Å². The first-order chi connectivity index (χ1) is 11.0. The minimum Gasteiger partial charge on any atom is -0.458 e. The Bertz CT molecular complexity index is 831. The van der Waals surface area contributed by atoms with Crippen molar-refractivity contribution in [3.63, 3.8) is 0 Å². The number of nitrogens with one attached hydrogen (secondary N) is 1. The van der Waals surface area contributed by atoms with Gasteiger partial charge in [-0.05, 0) is 26.0 Å². The van der Waals surface area contributed by atoms with Gasteiger partial charge in [-0.15, -0.1) is 11.3 Å². The van der Waals surface area contributed by atoms with Crippen molar-refractivity contribution in [2.24, 2.45) is 0 Å². The lowest BCUT2D eigenvalue weighted by molar-refractivity contribution is -0.119. The van der Waals surface area contributed by atoms with Crippen molar-refractivity contribution in [1.29, 1.82) is 0 Å². The largest absolute Gasteiger partial charge is 0.458 e. The highest BCUT2D eigenvalue weighted by Gasteiger charge is 2.14. The van der Waals surface area contributed by atoms with Gasteiger partial charge in [-0.25, -0.2) is 4.98 Å². The fraction of sp³-hybridized carbons (Fsp3) is 0.222. The van der Waals surface area contributed by atoms with Crippen LogP contribution in [0.1, 0.15) is 23.1 Å². The average Bonchev–Trinajstić information content (AvgIpc) is 3.12. The molecule has 0 aliphatic rings. The molecule has 0 atom stereocenters. The highest BCUT2D eigenvalue weighted by Crippen LogP contribution is 2.34. The van der Waals surface area contributed by atoms with E-state index in [0.717, 1.165) is 32.7 Å². The van der Waals surface area contributed by atoms with Gasteiger partial charge in [0.1, 0.15) is 16.5 Å². The molecule has 2 heterocycles. The number of hydrogen-bond acceptors (Lipinski definition) is 4. The minimum atomic E-state index is -0.0746. The quantitative estimate of drug-likeness (QED) is 0.776. The van der Waals surface area contributed by atoms with Crippen LogP contribution in [0.3, 0.4) is 0 Å². The molecule has 3 aromatic rings. The van der Waals surface area contributed by atoms with Crippen LogP contribution in [0.15, 0.2) is 40.8 Å². The zero-order chi connectivity index (χ0) is 16.4. The normalized spacial score (nSPS) is 10.7. The summed E-state index contributed by atoms with van der Waals surface area (Å²) in [7, 11) is 0. The van der Waals surface area contributed by atoms with Gasteiger partial charge >= 0.3 is 0 Å². The Kier molecular flexibility index (Phi) is 4.30. The molecule has 1 aromatic carbocycles. The summed E-state index contributed by atoms with van der Waals surface area (Å²) in [5, 5.41) is 3.71. The van der Waals surface area contributed by atoms with Crippen molar-refractivity contribution in [2.45, 2.75) is 27.3 Å². The molecule has 0 aliphatic carbocycles. The summed E-state index contributed by atoms with van der Waals surface area (Å²) in [6.45, 7) is 5.99. The molecule has 0 saturated carbocycles. The second-order valence-electron chi connectivity index (χ2n) is 5.47. The fourth-order valence-electron chi connectivity index (χ4n) is 2.26. The molecule has 118 valence electrons. The van der Waals surface area contributed by atoms with Gasteiger partial charge in [0.25, 0.3) is 0 Å². The third-order valence-electron chi connectivity index (χ3n) is 3.50. The van der Waals surface area contributed by atoms with Crippen LogP contribution in [-0.4, -0.2) is 10.9 Å². The highest BCUT2D eigenvalue weighted by atomic mass is 32.1. The topological polar surface area (TPSA) is 55.1 Å². The van der Waals surface area contributed by atoms with Crippen LogP contribution in [0.25, 0.3) is 22.0 Å². The van der Waals surface area contributed by atoms with E-state index in [4.69, 9.17) is 9.40 Å². The number of hydrogen-bond donors (Lipinski definition) is 1. The van der Waals surface area contributed by atoms with Gasteiger partial charge in [-0.2, -0.15) is 0 Å². The van der Waals surface area contributed by atoms with E-state index >= 15 is 0 Å². The Labute approximate surface area is 139 Å². The van der Waals surface area contributed by atoms with Gasteiger partial charge < -0.3 is 9.73 Å². The van der Waals surface area contributed by atoms with E-state index in [1.54, 1.807) is 11.3 Å². The summed E-state index contributed by atoms with van der Waals surface area (Å²) >= 11 is 1.65. The molecule has 23 heavy (non-hydrogen) atoms. The summed E-state index contributed by atoms with van der Waals surface area (Å²) in [6, 6.07) is 12.1. The van der Waals surface area contributed by atoms with Crippen molar-refractivity contribution in [3.05, 3.63) is 52.6 Å². The predicted octanol–water partition coefficient (Wildman–Crippen LogP) is 4.32. The summed E-state index contributed by atoms with van der Waals surface area (Å²) in [4.78, 5) is 16.8. The number of rotatable bonds is 4. The predicted molar refractivity (Wildman–Crippen MR) is 92.2 cm³/mol. The number of furan rings is 1. The van der Waals surface area contributed by atoms with Gasteiger partial charge in [-0.3, -0.25) is 4.79 Å². The molecule has 2 aromatic heterocycles. The first-order valence-corrected chi connectivity index (χ1v) is 8.22. The van der Waals surface area contributed by atoms with Gasteiger partial charge in [0.05, 0.1) is 6.54 Å². The van der Waals surface area contributed by atoms with E-state index in [0.29, 0.717) is 6.54 Å². The number of amides is 1. The summed E-state index contributed by atoms with van der Waals surface area (Å²) < 4.78 is 5.80. The van der Waals surface area contributed by atoms with Gasteiger partial charge in [0.2, 0.25) is 5.91 Å². The number of carbonyl (C=O) groups is 1. The Morgan fingerprint density at radius 2 is 1.91 bits per heavy atom. The van der Waals surface area contributed by atoms with Crippen LogP contribution in [0, 0.1) is 13.8 Å². The van der Waals surface area contributed by atoms with Crippen LogP contribution in [0.5, 0.6) is 0 Å². The van der Waals surface area contributed by atoms with Gasteiger partial charge in [-0.1, -0.05) is 29.8 Å². The third-order valence-corrected chi connectivity index (χ3v) is 4.52. The maximum absolute atomic E-state index is 11.0. The first kappa shape index (κ1) is 15.5. The number of benzene rings is 1. The van der Waals surface area contributed by atoms with Crippen molar-refractivity contribution in [1.82, 2.24) is 10.3 Å². The standard InChI is InChI=1S/C18H18N2O2S/c1-11-4-6-14(7-5-11)18-20-17(12(2)23-18)16-9-8-15(22-16)10-19-13(3)21/h4-9H,10H2,1-3H3,(H,19,21). The molecule has 1 amide bonds. The van der Waals surface area contributed by atoms with Crippen molar-refractivity contribution in [2.75, 3.05) is 0 Å². The summed E-state index contributed by atoms with van der Waals surface area (Å²) in [6.07, 6.45) is 0. The maximum atomic E-state index is 11.0. The van der Waals surface area contributed by atoms with E-state index in [1.807, 2.05) is 19.1 Å².